The summed E-state index contributed by atoms with van der Waals surface area (Å²) in [6.45, 7) is 3.36. The van der Waals surface area contributed by atoms with Gasteiger partial charge in [0.15, 0.2) is 0 Å². The molecule has 2 rings (SSSR count). The highest BCUT2D eigenvalue weighted by atomic mass is 19.1. The molecule has 2 aromatic rings. The minimum Gasteiger partial charge on any atom is -0.399 e. The van der Waals surface area contributed by atoms with Gasteiger partial charge >= 0.3 is 0 Å². The van der Waals surface area contributed by atoms with Gasteiger partial charge in [0.05, 0.1) is 17.3 Å². The van der Waals surface area contributed by atoms with E-state index < -0.39 is 11.7 Å². The molecule has 0 aliphatic carbocycles. The van der Waals surface area contributed by atoms with E-state index in [1.165, 1.54) is 12.1 Å². The number of aromatic nitrogens is 1. The summed E-state index contributed by atoms with van der Waals surface area (Å²) in [6, 6.07) is 7.93. The Morgan fingerprint density at radius 2 is 2.15 bits per heavy atom. The fourth-order valence-electron chi connectivity index (χ4n) is 1.94. The summed E-state index contributed by atoms with van der Waals surface area (Å²) in [4.78, 5) is 16.3. The summed E-state index contributed by atoms with van der Waals surface area (Å²) in [5, 5.41) is 2.71. The number of rotatable bonds is 3. The van der Waals surface area contributed by atoms with Crippen molar-refractivity contribution in [1.82, 2.24) is 10.3 Å². The molecule has 0 radical (unpaired) electrons. The molecule has 0 saturated carbocycles. The summed E-state index contributed by atoms with van der Waals surface area (Å²) in [6.07, 6.45) is 1.64. The summed E-state index contributed by atoms with van der Waals surface area (Å²) < 4.78 is 14.0. The van der Waals surface area contributed by atoms with E-state index in [0.717, 1.165) is 0 Å². The second-order valence-electron chi connectivity index (χ2n) is 4.65. The number of anilines is 1. The van der Waals surface area contributed by atoms with Crippen molar-refractivity contribution < 1.29 is 9.18 Å². The number of hydrogen-bond acceptors (Lipinski definition) is 3. The van der Waals surface area contributed by atoms with Crippen LogP contribution in [0.2, 0.25) is 0 Å². The Kier molecular flexibility index (Phi) is 3.98. The van der Waals surface area contributed by atoms with Gasteiger partial charge in [0.25, 0.3) is 5.91 Å². The van der Waals surface area contributed by atoms with Crippen LogP contribution in [0.4, 0.5) is 10.1 Å². The third-order valence-electron chi connectivity index (χ3n) is 3.00. The zero-order valence-corrected chi connectivity index (χ0v) is 11.4. The maximum Gasteiger partial charge on any atom is 0.254 e. The summed E-state index contributed by atoms with van der Waals surface area (Å²) in [7, 11) is 0. The number of benzene rings is 1. The van der Waals surface area contributed by atoms with Crippen molar-refractivity contribution in [2.45, 2.75) is 19.9 Å². The first-order valence-electron chi connectivity index (χ1n) is 6.26. The zero-order valence-electron chi connectivity index (χ0n) is 11.4. The van der Waals surface area contributed by atoms with Gasteiger partial charge in [0, 0.05) is 11.9 Å². The molecule has 104 valence electrons. The number of carbonyl (C=O) groups is 1. The second-order valence-corrected chi connectivity index (χ2v) is 4.65. The highest BCUT2D eigenvalue weighted by molar-refractivity contribution is 5.95. The highest BCUT2D eigenvalue weighted by Crippen LogP contribution is 2.18. The van der Waals surface area contributed by atoms with Gasteiger partial charge in [-0.2, -0.15) is 0 Å². The lowest BCUT2D eigenvalue weighted by molar-refractivity contribution is 0.0935. The second kappa shape index (κ2) is 5.69. The average molecular weight is 273 g/mol. The van der Waals surface area contributed by atoms with Gasteiger partial charge in [-0.05, 0) is 43.7 Å². The van der Waals surface area contributed by atoms with Gasteiger partial charge in [-0.1, -0.05) is 6.07 Å². The van der Waals surface area contributed by atoms with E-state index in [-0.39, 0.29) is 11.6 Å². The maximum absolute atomic E-state index is 14.0. The Hall–Kier alpha value is -2.43. The number of nitrogens with two attached hydrogens (primary N) is 1. The van der Waals surface area contributed by atoms with E-state index in [9.17, 15) is 9.18 Å². The van der Waals surface area contributed by atoms with Crippen LogP contribution in [0.5, 0.6) is 0 Å². The Labute approximate surface area is 116 Å². The van der Waals surface area contributed by atoms with Crippen LogP contribution in [-0.2, 0) is 0 Å². The van der Waals surface area contributed by atoms with Crippen LogP contribution in [0.25, 0.3) is 0 Å². The molecule has 20 heavy (non-hydrogen) atoms. The van der Waals surface area contributed by atoms with Gasteiger partial charge < -0.3 is 11.1 Å². The van der Waals surface area contributed by atoms with Crippen molar-refractivity contribution >= 4 is 11.6 Å². The summed E-state index contributed by atoms with van der Waals surface area (Å²) in [5.41, 5.74) is 7.02. The van der Waals surface area contributed by atoms with Crippen LogP contribution in [0.3, 0.4) is 0 Å². The fourth-order valence-corrected chi connectivity index (χ4v) is 1.94. The predicted molar refractivity (Wildman–Crippen MR) is 75.7 cm³/mol. The van der Waals surface area contributed by atoms with Crippen LogP contribution in [-0.4, -0.2) is 10.9 Å². The van der Waals surface area contributed by atoms with Gasteiger partial charge in [0.1, 0.15) is 5.82 Å². The number of hydrogen-bond donors (Lipinski definition) is 2. The lowest BCUT2D eigenvalue weighted by Gasteiger charge is -2.14. The fraction of sp³-hybridized carbons (Fsp3) is 0.200. The summed E-state index contributed by atoms with van der Waals surface area (Å²) in [5.74, 6) is -1.05. The SMILES string of the molecule is Cc1cc(N)cc(C(=O)NC(C)c2ccccn2)c1F. The third-order valence-corrected chi connectivity index (χ3v) is 3.00. The monoisotopic (exact) mass is 273 g/mol. The number of pyridine rings is 1. The Bertz CT molecular complexity index is 629. The molecule has 0 bridgehead atoms. The molecule has 1 heterocycles. The number of nitrogens with one attached hydrogen (secondary N) is 1. The van der Waals surface area contributed by atoms with Crippen molar-refractivity contribution in [3.63, 3.8) is 0 Å². The van der Waals surface area contributed by atoms with Gasteiger partial charge in [0.2, 0.25) is 0 Å². The quantitative estimate of drug-likeness (QED) is 0.845. The van der Waals surface area contributed by atoms with Crippen molar-refractivity contribution in [3.05, 3.63) is 59.2 Å². The van der Waals surface area contributed by atoms with E-state index in [0.29, 0.717) is 16.9 Å². The Morgan fingerprint density at radius 1 is 1.40 bits per heavy atom. The minimum atomic E-state index is -0.551. The summed E-state index contributed by atoms with van der Waals surface area (Å²) >= 11 is 0. The number of aryl methyl sites for hydroxylation is 1. The minimum absolute atomic E-state index is 0.0507. The number of nitrogen functional groups attached to an aromatic ring is 1. The zero-order chi connectivity index (χ0) is 14.7. The molecule has 0 aliphatic heterocycles. The highest BCUT2D eigenvalue weighted by Gasteiger charge is 2.17. The number of amides is 1. The first-order valence-corrected chi connectivity index (χ1v) is 6.26. The molecule has 0 saturated heterocycles. The van der Waals surface area contributed by atoms with E-state index in [1.54, 1.807) is 32.2 Å². The van der Waals surface area contributed by atoms with Gasteiger partial charge in [-0.15, -0.1) is 0 Å². The first-order chi connectivity index (χ1) is 9.49. The molecule has 0 spiro atoms. The van der Waals surface area contributed by atoms with E-state index in [1.807, 2.05) is 6.07 Å². The topological polar surface area (TPSA) is 68.0 Å². The molecule has 1 aromatic carbocycles. The number of nitrogens with zero attached hydrogens (tertiary/aromatic N) is 1. The number of halogens is 1. The number of carbonyl (C=O) groups excluding carboxylic acids is 1. The van der Waals surface area contributed by atoms with E-state index in [4.69, 9.17) is 5.73 Å². The van der Waals surface area contributed by atoms with Gasteiger partial charge in [-0.3, -0.25) is 9.78 Å². The molecule has 5 heteroatoms. The van der Waals surface area contributed by atoms with Crippen LogP contribution in [0, 0.1) is 12.7 Å². The molecule has 0 aliphatic rings. The van der Waals surface area contributed by atoms with Crippen LogP contribution < -0.4 is 11.1 Å². The van der Waals surface area contributed by atoms with Crippen LogP contribution in [0.1, 0.15) is 34.6 Å². The van der Waals surface area contributed by atoms with Crippen molar-refractivity contribution in [2.75, 3.05) is 5.73 Å². The van der Waals surface area contributed by atoms with Gasteiger partial charge in [-0.25, -0.2) is 4.39 Å². The Morgan fingerprint density at radius 3 is 2.80 bits per heavy atom. The smallest absolute Gasteiger partial charge is 0.254 e. The van der Waals surface area contributed by atoms with Crippen molar-refractivity contribution in [3.8, 4) is 0 Å². The normalized spacial score (nSPS) is 11.9. The van der Waals surface area contributed by atoms with Crippen molar-refractivity contribution in [1.29, 1.82) is 0 Å². The lowest BCUT2D eigenvalue weighted by Crippen LogP contribution is -2.28. The molecular weight excluding hydrogens is 257 g/mol. The maximum atomic E-state index is 14.0. The van der Waals surface area contributed by atoms with E-state index >= 15 is 0 Å². The molecule has 0 fully saturated rings. The molecule has 4 nitrogen and oxygen atoms in total. The third kappa shape index (κ3) is 2.93. The first kappa shape index (κ1) is 14.0. The standard InChI is InChI=1S/C15H16FN3O/c1-9-7-11(17)8-12(14(9)16)15(20)19-10(2)13-5-3-4-6-18-13/h3-8,10H,17H2,1-2H3,(H,19,20). The molecule has 3 N–H and O–H groups in total. The van der Waals surface area contributed by atoms with Crippen molar-refractivity contribution in [2.24, 2.45) is 0 Å². The largest absolute Gasteiger partial charge is 0.399 e. The molecular formula is C15H16FN3O. The average Bonchev–Trinajstić information content (AvgIpc) is 2.43. The molecule has 1 amide bonds. The van der Waals surface area contributed by atoms with E-state index in [2.05, 4.69) is 10.3 Å². The Balaban J connectivity index is 2.21. The van der Waals surface area contributed by atoms with Crippen LogP contribution in [0.15, 0.2) is 36.5 Å². The van der Waals surface area contributed by atoms with Crippen LogP contribution >= 0.6 is 0 Å². The predicted octanol–water partition coefficient (Wildman–Crippen LogP) is 2.60. The lowest BCUT2D eigenvalue weighted by atomic mass is 10.1. The molecule has 1 atom stereocenters. The molecule has 1 aromatic heterocycles. The molecule has 1 unspecified atom stereocenters.